The normalized spacial score (nSPS) is 19.8. The van der Waals surface area contributed by atoms with Crippen LogP contribution in [0.2, 0.25) is 0 Å². The highest BCUT2D eigenvalue weighted by Crippen LogP contribution is 2.46. The number of rotatable bonds is 5. The summed E-state index contributed by atoms with van der Waals surface area (Å²) in [5.41, 5.74) is 1.18. The van der Waals surface area contributed by atoms with E-state index in [4.69, 9.17) is 0 Å². The van der Waals surface area contributed by atoms with E-state index in [0.29, 0.717) is 19.5 Å². The fraction of sp³-hybridized carbons (Fsp3) is 0.300. The molecule has 1 fully saturated rings. The topological polar surface area (TPSA) is 37.4 Å². The van der Waals surface area contributed by atoms with Gasteiger partial charge in [0.2, 0.25) is 5.91 Å². The molecule has 3 rings (SSSR count). The first-order valence-electron chi connectivity index (χ1n) is 8.09. The number of aldehydes is 1. The van der Waals surface area contributed by atoms with Crippen molar-refractivity contribution in [3.05, 3.63) is 71.8 Å². The first-order chi connectivity index (χ1) is 11.2. The molecule has 0 radical (unpaired) electrons. The first-order valence-corrected chi connectivity index (χ1v) is 8.09. The van der Waals surface area contributed by atoms with Crippen LogP contribution in [0.25, 0.3) is 0 Å². The molecule has 118 valence electrons. The number of nitrogens with zero attached hydrogens (tertiary/aromatic N) is 1. The number of likely N-dealkylation sites (N-methyl/N-ethyl adjacent to an activating group) is 1. The summed E-state index contributed by atoms with van der Waals surface area (Å²) < 4.78 is 0. The summed E-state index contributed by atoms with van der Waals surface area (Å²) in [6.07, 6.45) is 1.32. The highest BCUT2D eigenvalue weighted by atomic mass is 16.2. The molecular weight excluding hydrogens is 286 g/mol. The number of amides is 1. The van der Waals surface area contributed by atoms with Crippen molar-refractivity contribution in [3.8, 4) is 0 Å². The third kappa shape index (κ3) is 2.37. The van der Waals surface area contributed by atoms with Crippen molar-refractivity contribution in [3.63, 3.8) is 0 Å². The Bertz CT molecular complexity index is 642. The largest absolute Gasteiger partial charge is 0.342 e. The second kappa shape index (κ2) is 6.37. The Kier molecular flexibility index (Phi) is 4.28. The number of likely N-dealkylation sites (tertiary alicyclic amines) is 1. The Morgan fingerprint density at radius 2 is 1.57 bits per heavy atom. The van der Waals surface area contributed by atoms with Crippen molar-refractivity contribution in [1.29, 1.82) is 0 Å². The molecule has 1 unspecified atom stereocenters. The van der Waals surface area contributed by atoms with Gasteiger partial charge in [-0.1, -0.05) is 60.7 Å². The monoisotopic (exact) mass is 307 g/mol. The second-order valence-corrected chi connectivity index (χ2v) is 5.98. The summed E-state index contributed by atoms with van der Waals surface area (Å²) in [6.45, 7) is 3.27. The lowest BCUT2D eigenvalue weighted by Gasteiger charge is -2.33. The fourth-order valence-electron chi connectivity index (χ4n) is 3.84. The highest BCUT2D eigenvalue weighted by molar-refractivity contribution is 5.95. The van der Waals surface area contributed by atoms with E-state index in [1.807, 2.05) is 72.5 Å². The van der Waals surface area contributed by atoms with Gasteiger partial charge < -0.3 is 9.69 Å². The average Bonchev–Trinajstić information content (AvgIpc) is 2.89. The molecule has 1 aliphatic rings. The van der Waals surface area contributed by atoms with Gasteiger partial charge in [0, 0.05) is 25.4 Å². The van der Waals surface area contributed by atoms with E-state index in [1.54, 1.807) is 0 Å². The smallest absolute Gasteiger partial charge is 0.238 e. The lowest BCUT2D eigenvalue weighted by molar-refractivity contribution is -0.131. The summed E-state index contributed by atoms with van der Waals surface area (Å²) in [5, 5.41) is 0. The predicted octanol–water partition coefficient (Wildman–Crippen LogP) is 3.04. The van der Waals surface area contributed by atoms with Crippen LogP contribution in [-0.4, -0.2) is 30.2 Å². The molecule has 23 heavy (non-hydrogen) atoms. The molecule has 0 N–H and O–H groups in total. The van der Waals surface area contributed by atoms with E-state index in [1.165, 1.54) is 0 Å². The van der Waals surface area contributed by atoms with Gasteiger partial charge in [0.15, 0.2) is 0 Å². The molecule has 1 amide bonds. The van der Waals surface area contributed by atoms with Gasteiger partial charge in [0.25, 0.3) is 0 Å². The summed E-state index contributed by atoms with van der Waals surface area (Å²) in [6, 6.07) is 19.7. The van der Waals surface area contributed by atoms with Gasteiger partial charge in [-0.3, -0.25) is 4.79 Å². The van der Waals surface area contributed by atoms with Crippen LogP contribution in [-0.2, 0) is 15.0 Å². The molecule has 0 spiro atoms. The molecular formula is C20H21NO2. The maximum atomic E-state index is 13.4. The maximum absolute atomic E-state index is 13.4. The Hall–Kier alpha value is -2.42. The third-order valence-electron chi connectivity index (χ3n) is 4.90. The Morgan fingerprint density at radius 1 is 1.04 bits per heavy atom. The Labute approximate surface area is 136 Å². The predicted molar refractivity (Wildman–Crippen MR) is 90.1 cm³/mol. The van der Waals surface area contributed by atoms with Crippen LogP contribution < -0.4 is 0 Å². The molecule has 3 heteroatoms. The number of carbonyl (C=O) groups excluding carboxylic acids is 2. The molecule has 2 aromatic carbocycles. The number of hydrogen-bond acceptors (Lipinski definition) is 2. The fourth-order valence-corrected chi connectivity index (χ4v) is 3.84. The second-order valence-electron chi connectivity index (χ2n) is 5.98. The van der Waals surface area contributed by atoms with Crippen LogP contribution in [0.5, 0.6) is 0 Å². The SMILES string of the molecule is CCN1CC(CC=O)C(c2ccccc2)(c2ccccc2)C1=O. The zero-order valence-corrected chi connectivity index (χ0v) is 13.3. The summed E-state index contributed by atoms with van der Waals surface area (Å²) in [5.74, 6) is 0.0569. The van der Waals surface area contributed by atoms with Gasteiger partial charge in [-0.25, -0.2) is 0 Å². The van der Waals surface area contributed by atoms with Crippen LogP contribution >= 0.6 is 0 Å². The van der Waals surface area contributed by atoms with E-state index in [-0.39, 0.29) is 11.8 Å². The van der Waals surface area contributed by atoms with Gasteiger partial charge in [0.1, 0.15) is 11.7 Å². The van der Waals surface area contributed by atoms with E-state index in [2.05, 4.69) is 0 Å². The van der Waals surface area contributed by atoms with Gasteiger partial charge in [-0.2, -0.15) is 0 Å². The number of hydrogen-bond donors (Lipinski definition) is 0. The molecule has 3 nitrogen and oxygen atoms in total. The minimum atomic E-state index is -0.764. The Morgan fingerprint density at radius 3 is 2.00 bits per heavy atom. The standard InChI is InChI=1S/C20H21NO2/c1-2-21-15-18(13-14-22)20(19(21)23,16-9-5-3-6-10-16)17-11-7-4-8-12-17/h3-12,14,18H,2,13,15H2,1H3. The van der Waals surface area contributed by atoms with Crippen molar-refractivity contribution in [2.75, 3.05) is 13.1 Å². The molecule has 0 aromatic heterocycles. The van der Waals surface area contributed by atoms with Crippen LogP contribution in [0, 0.1) is 5.92 Å². The van der Waals surface area contributed by atoms with Crippen LogP contribution in [0.3, 0.4) is 0 Å². The van der Waals surface area contributed by atoms with Crippen molar-refractivity contribution in [2.24, 2.45) is 5.92 Å². The molecule has 1 heterocycles. The first kappa shape index (κ1) is 15.5. The highest BCUT2D eigenvalue weighted by Gasteiger charge is 2.55. The van der Waals surface area contributed by atoms with Crippen molar-refractivity contribution >= 4 is 12.2 Å². The minimum absolute atomic E-state index is 0.0442. The Balaban J connectivity index is 2.26. The van der Waals surface area contributed by atoms with Crippen molar-refractivity contribution < 1.29 is 9.59 Å². The lowest BCUT2D eigenvalue weighted by Crippen LogP contribution is -2.42. The van der Waals surface area contributed by atoms with Gasteiger partial charge in [-0.15, -0.1) is 0 Å². The molecule has 0 bridgehead atoms. The van der Waals surface area contributed by atoms with E-state index >= 15 is 0 Å². The van der Waals surface area contributed by atoms with E-state index in [9.17, 15) is 9.59 Å². The van der Waals surface area contributed by atoms with Crippen LogP contribution in [0.1, 0.15) is 24.5 Å². The maximum Gasteiger partial charge on any atom is 0.238 e. The van der Waals surface area contributed by atoms with Gasteiger partial charge >= 0.3 is 0 Å². The molecule has 1 saturated heterocycles. The average molecular weight is 307 g/mol. The van der Waals surface area contributed by atoms with Crippen LogP contribution in [0.15, 0.2) is 60.7 Å². The zero-order chi connectivity index (χ0) is 16.3. The molecule has 0 aliphatic carbocycles. The van der Waals surface area contributed by atoms with Crippen LogP contribution in [0.4, 0.5) is 0 Å². The molecule has 1 aliphatic heterocycles. The summed E-state index contributed by atoms with van der Waals surface area (Å²) in [4.78, 5) is 26.5. The van der Waals surface area contributed by atoms with Crippen molar-refractivity contribution in [1.82, 2.24) is 4.90 Å². The van der Waals surface area contributed by atoms with Gasteiger partial charge in [0.05, 0.1) is 0 Å². The molecule has 2 aromatic rings. The number of carbonyl (C=O) groups is 2. The molecule has 1 atom stereocenters. The summed E-state index contributed by atoms with van der Waals surface area (Å²) >= 11 is 0. The number of benzene rings is 2. The zero-order valence-electron chi connectivity index (χ0n) is 13.3. The minimum Gasteiger partial charge on any atom is -0.342 e. The summed E-state index contributed by atoms with van der Waals surface area (Å²) in [7, 11) is 0. The quantitative estimate of drug-likeness (QED) is 0.796. The van der Waals surface area contributed by atoms with E-state index in [0.717, 1.165) is 17.4 Å². The van der Waals surface area contributed by atoms with Crippen molar-refractivity contribution in [2.45, 2.75) is 18.8 Å². The van der Waals surface area contributed by atoms with E-state index < -0.39 is 5.41 Å². The third-order valence-corrected chi connectivity index (χ3v) is 4.90. The lowest BCUT2D eigenvalue weighted by atomic mass is 9.66. The van der Waals surface area contributed by atoms with Gasteiger partial charge in [-0.05, 0) is 18.1 Å². The molecule has 0 saturated carbocycles.